The highest BCUT2D eigenvalue weighted by atomic mass is 32.2. The Morgan fingerprint density at radius 2 is 2.00 bits per heavy atom. The van der Waals surface area contributed by atoms with E-state index in [2.05, 4.69) is 4.72 Å². The number of nitrogens with one attached hydrogen (secondary N) is 1. The molecule has 96 valence electrons. The highest BCUT2D eigenvalue weighted by molar-refractivity contribution is 7.89. The van der Waals surface area contributed by atoms with Crippen LogP contribution in [0.25, 0.3) is 0 Å². The predicted molar refractivity (Wildman–Crippen MR) is 67.4 cm³/mol. The van der Waals surface area contributed by atoms with Gasteiger partial charge in [-0.25, -0.2) is 13.1 Å². The summed E-state index contributed by atoms with van der Waals surface area (Å²) in [6.07, 6.45) is 0.556. The molecule has 1 rings (SSSR count). The van der Waals surface area contributed by atoms with E-state index < -0.39 is 16.1 Å². The van der Waals surface area contributed by atoms with Gasteiger partial charge in [-0.2, -0.15) is 0 Å². The second-order valence-corrected chi connectivity index (χ2v) is 5.86. The predicted octanol–water partition coefficient (Wildman–Crippen LogP) is 1.35. The van der Waals surface area contributed by atoms with Crippen molar-refractivity contribution < 1.29 is 13.5 Å². The number of sulfonamides is 1. The lowest BCUT2D eigenvalue weighted by Crippen LogP contribution is -2.37. The van der Waals surface area contributed by atoms with Crippen LogP contribution in [0, 0.1) is 13.8 Å². The van der Waals surface area contributed by atoms with E-state index in [4.69, 9.17) is 5.11 Å². The fourth-order valence-corrected chi connectivity index (χ4v) is 3.17. The van der Waals surface area contributed by atoms with Gasteiger partial charge in [-0.3, -0.25) is 0 Å². The van der Waals surface area contributed by atoms with Crippen LogP contribution in [0.1, 0.15) is 24.5 Å². The van der Waals surface area contributed by atoms with E-state index in [1.807, 2.05) is 19.9 Å². The van der Waals surface area contributed by atoms with Gasteiger partial charge in [-0.15, -0.1) is 0 Å². The summed E-state index contributed by atoms with van der Waals surface area (Å²) < 4.78 is 26.6. The van der Waals surface area contributed by atoms with Crippen molar-refractivity contribution in [2.24, 2.45) is 0 Å². The first kappa shape index (κ1) is 14.2. The van der Waals surface area contributed by atoms with Gasteiger partial charge in [-0.1, -0.05) is 24.6 Å². The van der Waals surface area contributed by atoms with Crippen molar-refractivity contribution in [3.8, 4) is 0 Å². The lowest BCUT2D eigenvalue weighted by molar-refractivity contribution is 0.254. The first-order valence-electron chi connectivity index (χ1n) is 5.61. The zero-order valence-corrected chi connectivity index (χ0v) is 11.2. The van der Waals surface area contributed by atoms with Crippen LogP contribution in [0.2, 0.25) is 0 Å². The SMILES string of the molecule is CC[C@@H](CO)NS(=O)(=O)c1ccc(C)cc1C. The fraction of sp³-hybridized carbons (Fsp3) is 0.500. The number of hydrogen-bond donors (Lipinski definition) is 2. The van der Waals surface area contributed by atoms with Crippen molar-refractivity contribution in [1.82, 2.24) is 4.72 Å². The molecule has 17 heavy (non-hydrogen) atoms. The summed E-state index contributed by atoms with van der Waals surface area (Å²) in [4.78, 5) is 0.273. The molecule has 0 unspecified atom stereocenters. The highest BCUT2D eigenvalue weighted by Gasteiger charge is 2.20. The van der Waals surface area contributed by atoms with Crippen LogP contribution < -0.4 is 4.72 Å². The lowest BCUT2D eigenvalue weighted by atomic mass is 10.2. The number of aliphatic hydroxyl groups excluding tert-OH is 1. The molecular weight excluding hydrogens is 238 g/mol. The molecule has 0 saturated carbocycles. The standard InChI is InChI=1S/C12H19NO3S/c1-4-11(8-14)13-17(15,16)12-6-5-9(2)7-10(12)3/h5-7,11,13-14H,4,8H2,1-3H3/t11-/m0/s1. The Balaban J connectivity index is 3.05. The molecule has 0 aliphatic carbocycles. The average Bonchev–Trinajstić information content (AvgIpc) is 2.25. The molecule has 2 N–H and O–H groups in total. The summed E-state index contributed by atoms with van der Waals surface area (Å²) in [6, 6.07) is 4.76. The molecule has 0 aromatic heterocycles. The van der Waals surface area contributed by atoms with E-state index >= 15 is 0 Å². The van der Waals surface area contributed by atoms with Gasteiger partial charge < -0.3 is 5.11 Å². The summed E-state index contributed by atoms with van der Waals surface area (Å²) in [6.45, 7) is 5.31. The maximum Gasteiger partial charge on any atom is 0.241 e. The molecule has 0 spiro atoms. The second-order valence-electron chi connectivity index (χ2n) is 4.18. The van der Waals surface area contributed by atoms with Crippen molar-refractivity contribution in [2.45, 2.75) is 38.1 Å². The van der Waals surface area contributed by atoms with Gasteiger partial charge in [0, 0.05) is 6.04 Å². The molecule has 0 radical (unpaired) electrons. The number of aliphatic hydroxyl groups is 1. The van der Waals surface area contributed by atoms with Gasteiger partial charge >= 0.3 is 0 Å². The van der Waals surface area contributed by atoms with Crippen molar-refractivity contribution in [3.63, 3.8) is 0 Å². The molecule has 1 aromatic carbocycles. The summed E-state index contributed by atoms with van der Waals surface area (Å²) in [5.74, 6) is 0. The summed E-state index contributed by atoms with van der Waals surface area (Å²) >= 11 is 0. The molecule has 0 bridgehead atoms. The van der Waals surface area contributed by atoms with Gasteiger partial charge in [0.2, 0.25) is 10.0 Å². The van der Waals surface area contributed by atoms with Crippen molar-refractivity contribution >= 4 is 10.0 Å². The maximum atomic E-state index is 12.1. The second kappa shape index (κ2) is 5.62. The van der Waals surface area contributed by atoms with Gasteiger partial charge in [-0.05, 0) is 31.9 Å². The molecule has 1 atom stereocenters. The molecule has 1 aromatic rings. The molecular formula is C12H19NO3S. The Bertz CT molecular complexity index is 479. The molecule has 0 aliphatic rings. The number of rotatable bonds is 5. The molecule has 0 amide bonds. The molecule has 0 fully saturated rings. The van der Waals surface area contributed by atoms with Gasteiger partial charge in [0.25, 0.3) is 0 Å². The Hall–Kier alpha value is -0.910. The highest BCUT2D eigenvalue weighted by Crippen LogP contribution is 2.16. The van der Waals surface area contributed by atoms with Crippen molar-refractivity contribution in [2.75, 3.05) is 6.61 Å². The molecule has 0 saturated heterocycles. The third kappa shape index (κ3) is 3.52. The zero-order valence-electron chi connectivity index (χ0n) is 10.4. The third-order valence-corrected chi connectivity index (χ3v) is 4.34. The normalized spacial score (nSPS) is 13.6. The Morgan fingerprint density at radius 3 is 2.47 bits per heavy atom. The molecule has 0 heterocycles. The molecule has 5 heteroatoms. The van der Waals surface area contributed by atoms with Gasteiger partial charge in [0.15, 0.2) is 0 Å². The average molecular weight is 257 g/mol. The first-order valence-corrected chi connectivity index (χ1v) is 7.09. The van der Waals surface area contributed by atoms with E-state index in [9.17, 15) is 8.42 Å². The Morgan fingerprint density at radius 1 is 1.35 bits per heavy atom. The van der Waals surface area contributed by atoms with Crippen LogP contribution in [-0.2, 0) is 10.0 Å². The third-order valence-electron chi connectivity index (χ3n) is 2.65. The van der Waals surface area contributed by atoms with Gasteiger partial charge in [0.1, 0.15) is 0 Å². The maximum absolute atomic E-state index is 12.1. The van der Waals surface area contributed by atoms with Crippen molar-refractivity contribution in [3.05, 3.63) is 29.3 Å². The van der Waals surface area contributed by atoms with E-state index in [0.29, 0.717) is 12.0 Å². The summed E-state index contributed by atoms with van der Waals surface area (Å²) in [5, 5.41) is 9.02. The topological polar surface area (TPSA) is 66.4 Å². The minimum atomic E-state index is -3.54. The summed E-state index contributed by atoms with van der Waals surface area (Å²) in [5.41, 5.74) is 1.74. The number of hydrogen-bond acceptors (Lipinski definition) is 3. The quantitative estimate of drug-likeness (QED) is 0.837. The van der Waals surface area contributed by atoms with Crippen LogP contribution in [0.15, 0.2) is 23.1 Å². The number of aryl methyl sites for hydroxylation is 2. The lowest BCUT2D eigenvalue weighted by Gasteiger charge is -2.15. The smallest absolute Gasteiger partial charge is 0.241 e. The van der Waals surface area contributed by atoms with Gasteiger partial charge in [0.05, 0.1) is 11.5 Å². The Labute approximate surface area is 103 Å². The first-order chi connectivity index (χ1) is 7.90. The van der Waals surface area contributed by atoms with Crippen LogP contribution in [0.3, 0.4) is 0 Å². The Kier molecular flexibility index (Phi) is 4.68. The molecule has 4 nitrogen and oxygen atoms in total. The fourth-order valence-electron chi connectivity index (χ4n) is 1.63. The van der Waals surface area contributed by atoms with E-state index in [0.717, 1.165) is 5.56 Å². The number of benzene rings is 1. The monoisotopic (exact) mass is 257 g/mol. The largest absolute Gasteiger partial charge is 0.395 e. The van der Waals surface area contributed by atoms with Crippen LogP contribution in [0.5, 0.6) is 0 Å². The van der Waals surface area contributed by atoms with Crippen LogP contribution >= 0.6 is 0 Å². The van der Waals surface area contributed by atoms with Crippen LogP contribution in [0.4, 0.5) is 0 Å². The van der Waals surface area contributed by atoms with Crippen LogP contribution in [-0.4, -0.2) is 26.2 Å². The van der Waals surface area contributed by atoms with E-state index in [-0.39, 0.29) is 11.5 Å². The van der Waals surface area contributed by atoms with E-state index in [1.54, 1.807) is 19.1 Å². The van der Waals surface area contributed by atoms with E-state index in [1.165, 1.54) is 0 Å². The minimum Gasteiger partial charge on any atom is -0.395 e. The summed E-state index contributed by atoms with van der Waals surface area (Å²) in [7, 11) is -3.54. The minimum absolute atomic E-state index is 0.194. The van der Waals surface area contributed by atoms with Crippen molar-refractivity contribution in [1.29, 1.82) is 0 Å². The molecule has 0 aliphatic heterocycles. The zero-order chi connectivity index (χ0) is 13.1.